The third-order valence-electron chi connectivity index (χ3n) is 9.68. The van der Waals surface area contributed by atoms with Crippen molar-refractivity contribution >= 4 is 17.5 Å². The molecule has 2 aliphatic carbocycles. The number of nitrogens with zero attached hydrogens (tertiary/aromatic N) is 1. The number of Topliss-reactive ketones (excluding diaryl/α,β-unsaturated/α-hetero) is 2. The summed E-state index contributed by atoms with van der Waals surface area (Å²) in [5.74, 6) is -0.173. The lowest BCUT2D eigenvalue weighted by Crippen LogP contribution is -2.45. The Kier molecular flexibility index (Phi) is 9.08. The Hall–Kier alpha value is -4.65. The number of carboxylic acids is 1. The van der Waals surface area contributed by atoms with Crippen molar-refractivity contribution in [2.75, 3.05) is 13.2 Å². The van der Waals surface area contributed by atoms with Gasteiger partial charge in [0, 0.05) is 47.8 Å². The average molecular weight is 648 g/mol. The average Bonchev–Trinajstić information content (AvgIpc) is 3.02. The summed E-state index contributed by atoms with van der Waals surface area (Å²) in [5.41, 5.74) is 6.28. The van der Waals surface area contributed by atoms with Crippen LogP contribution in [0.15, 0.2) is 95.3 Å². The van der Waals surface area contributed by atoms with Gasteiger partial charge in [-0.2, -0.15) is 0 Å². The summed E-state index contributed by atoms with van der Waals surface area (Å²) in [6.45, 7) is 11.9. The molecule has 0 amide bonds. The van der Waals surface area contributed by atoms with Gasteiger partial charge in [-0.05, 0) is 78.0 Å². The molecule has 3 aliphatic rings. The number of rotatable bonds is 10. The first-order chi connectivity index (χ1) is 22.9. The smallest absolute Gasteiger partial charge is 0.335 e. The van der Waals surface area contributed by atoms with Gasteiger partial charge in [-0.1, -0.05) is 76.2 Å². The highest BCUT2D eigenvalue weighted by molar-refractivity contribution is 6.06. The van der Waals surface area contributed by atoms with Gasteiger partial charge in [0.05, 0.1) is 12.2 Å². The molecule has 0 atom stereocenters. The zero-order valence-corrected chi connectivity index (χ0v) is 28.6. The van der Waals surface area contributed by atoms with Crippen LogP contribution in [0.3, 0.4) is 0 Å². The van der Waals surface area contributed by atoms with E-state index in [0.717, 1.165) is 52.9 Å². The maximum Gasteiger partial charge on any atom is 0.335 e. The van der Waals surface area contributed by atoms with E-state index in [9.17, 15) is 19.5 Å². The molecule has 1 aliphatic heterocycles. The molecule has 1 heterocycles. The number of aromatic carboxylic acids is 1. The Morgan fingerprint density at radius 1 is 0.771 bits per heavy atom. The highest BCUT2D eigenvalue weighted by atomic mass is 16.5. The van der Waals surface area contributed by atoms with Gasteiger partial charge < -0.3 is 19.5 Å². The van der Waals surface area contributed by atoms with Crippen LogP contribution in [0.1, 0.15) is 93.3 Å². The van der Waals surface area contributed by atoms with E-state index >= 15 is 0 Å². The summed E-state index contributed by atoms with van der Waals surface area (Å²) in [4.78, 5) is 42.1. The van der Waals surface area contributed by atoms with Crippen LogP contribution in [0.4, 0.5) is 0 Å². The molecule has 3 aromatic rings. The van der Waals surface area contributed by atoms with Crippen LogP contribution in [0.25, 0.3) is 0 Å². The zero-order chi connectivity index (χ0) is 34.2. The molecule has 0 saturated heterocycles. The molecular weight excluding hydrogens is 602 g/mol. The molecule has 0 radical (unpaired) electrons. The van der Waals surface area contributed by atoms with E-state index in [4.69, 9.17) is 9.47 Å². The van der Waals surface area contributed by atoms with Crippen LogP contribution in [-0.4, -0.2) is 40.7 Å². The SMILES string of the molecule is CCOc1cc(C2C3=C(CC(C)(C)CC3=O)N(CCc3ccccc3)C3=C2C(=O)CC(C)(C)C3)ccc1OCc1ccc(C(=O)O)cc1. The summed E-state index contributed by atoms with van der Waals surface area (Å²) in [7, 11) is 0. The lowest BCUT2D eigenvalue weighted by atomic mass is 9.63. The third-order valence-corrected chi connectivity index (χ3v) is 9.68. The van der Waals surface area contributed by atoms with Crippen molar-refractivity contribution in [3.63, 3.8) is 0 Å². The summed E-state index contributed by atoms with van der Waals surface area (Å²) in [6, 6.07) is 22.7. The highest BCUT2D eigenvalue weighted by Crippen LogP contribution is 2.55. The number of carbonyl (C=O) groups is 3. The number of allylic oxidation sites excluding steroid dienone is 4. The molecule has 0 unspecified atom stereocenters. The number of ketones is 2. The maximum absolute atomic E-state index is 14.2. The second-order valence-corrected chi connectivity index (χ2v) is 14.9. The lowest BCUT2D eigenvalue weighted by molar-refractivity contribution is -0.119. The van der Waals surface area contributed by atoms with Crippen molar-refractivity contribution in [3.05, 3.63) is 118 Å². The minimum Gasteiger partial charge on any atom is -0.490 e. The largest absolute Gasteiger partial charge is 0.490 e. The predicted octanol–water partition coefficient (Wildman–Crippen LogP) is 8.29. The maximum atomic E-state index is 14.2. The Morgan fingerprint density at radius 2 is 1.38 bits per heavy atom. The van der Waals surface area contributed by atoms with Crippen LogP contribution in [0.5, 0.6) is 11.5 Å². The van der Waals surface area contributed by atoms with Crippen molar-refractivity contribution in [2.24, 2.45) is 10.8 Å². The summed E-state index contributed by atoms with van der Waals surface area (Å²) >= 11 is 0. The van der Waals surface area contributed by atoms with Crippen LogP contribution in [0, 0.1) is 10.8 Å². The molecule has 0 fully saturated rings. The molecular formula is C41H45NO6. The standard InChI is InChI=1S/C41H45NO6/c1-6-47-35-20-29(16-17-34(35)48-25-27-12-14-28(15-13-27)39(45)46)36-37-30(21-40(2,3)23-32(37)43)42(19-18-26-10-8-7-9-11-26)31-22-41(4,5)24-33(44)38(31)36/h7-17,20,36H,6,18-19,21-25H2,1-5H3,(H,45,46). The van der Waals surface area contributed by atoms with E-state index < -0.39 is 11.9 Å². The summed E-state index contributed by atoms with van der Waals surface area (Å²) in [5, 5.41) is 9.23. The molecule has 48 heavy (non-hydrogen) atoms. The lowest BCUT2D eigenvalue weighted by Gasteiger charge is -2.49. The number of hydrogen-bond acceptors (Lipinski definition) is 6. The van der Waals surface area contributed by atoms with E-state index in [0.29, 0.717) is 37.5 Å². The molecule has 6 rings (SSSR count). The van der Waals surface area contributed by atoms with E-state index in [-0.39, 0.29) is 34.6 Å². The van der Waals surface area contributed by atoms with Crippen molar-refractivity contribution < 1.29 is 29.0 Å². The second kappa shape index (κ2) is 13.1. The van der Waals surface area contributed by atoms with E-state index in [1.54, 1.807) is 24.3 Å². The van der Waals surface area contributed by atoms with Crippen molar-refractivity contribution in [2.45, 2.75) is 79.2 Å². The molecule has 0 bridgehead atoms. The van der Waals surface area contributed by atoms with Gasteiger partial charge in [-0.15, -0.1) is 0 Å². The topological polar surface area (TPSA) is 93.1 Å². The number of carbonyl (C=O) groups excluding carboxylic acids is 2. The van der Waals surface area contributed by atoms with Gasteiger partial charge in [0.25, 0.3) is 0 Å². The fraction of sp³-hybridized carbons (Fsp3) is 0.390. The fourth-order valence-electron chi connectivity index (χ4n) is 7.53. The molecule has 1 N–H and O–H groups in total. The van der Waals surface area contributed by atoms with E-state index in [1.165, 1.54) is 5.56 Å². The molecule has 3 aromatic carbocycles. The number of ether oxygens (including phenoxy) is 2. The molecule has 7 heteroatoms. The van der Waals surface area contributed by atoms with Crippen molar-refractivity contribution in [3.8, 4) is 11.5 Å². The minimum absolute atomic E-state index is 0.100. The number of hydrogen-bond donors (Lipinski definition) is 1. The van der Waals surface area contributed by atoms with Gasteiger partial charge in [0.1, 0.15) is 6.61 Å². The van der Waals surface area contributed by atoms with Gasteiger partial charge in [0.2, 0.25) is 0 Å². The molecule has 7 nitrogen and oxygen atoms in total. The van der Waals surface area contributed by atoms with Gasteiger partial charge in [-0.25, -0.2) is 4.79 Å². The normalized spacial score (nSPS) is 18.8. The van der Waals surface area contributed by atoms with Gasteiger partial charge in [-0.3, -0.25) is 9.59 Å². The minimum atomic E-state index is -0.977. The van der Waals surface area contributed by atoms with Gasteiger partial charge >= 0.3 is 5.97 Å². The number of benzene rings is 3. The fourth-order valence-corrected chi connectivity index (χ4v) is 7.53. The van der Waals surface area contributed by atoms with Crippen molar-refractivity contribution in [1.29, 1.82) is 0 Å². The molecule has 0 saturated carbocycles. The first-order valence-corrected chi connectivity index (χ1v) is 16.9. The quantitative estimate of drug-likeness (QED) is 0.237. The number of carboxylic acid groups (broad SMARTS) is 1. The van der Waals surface area contributed by atoms with Crippen LogP contribution in [0.2, 0.25) is 0 Å². The molecule has 0 aromatic heterocycles. The Balaban J connectivity index is 1.42. The summed E-state index contributed by atoms with van der Waals surface area (Å²) < 4.78 is 12.3. The van der Waals surface area contributed by atoms with Gasteiger partial charge in [0.15, 0.2) is 23.1 Å². The van der Waals surface area contributed by atoms with Crippen molar-refractivity contribution in [1.82, 2.24) is 4.90 Å². The Labute approximate surface area is 283 Å². The Morgan fingerprint density at radius 3 is 1.94 bits per heavy atom. The first kappa shape index (κ1) is 33.3. The second-order valence-electron chi connectivity index (χ2n) is 14.9. The van der Waals surface area contributed by atoms with Crippen LogP contribution in [-0.2, 0) is 22.6 Å². The van der Waals surface area contributed by atoms with Crippen LogP contribution < -0.4 is 9.47 Å². The molecule has 250 valence electrons. The Bertz CT molecular complexity index is 1740. The monoisotopic (exact) mass is 647 g/mol. The first-order valence-electron chi connectivity index (χ1n) is 16.9. The highest BCUT2D eigenvalue weighted by Gasteiger charge is 2.49. The van der Waals surface area contributed by atoms with E-state index in [1.807, 2.05) is 31.2 Å². The summed E-state index contributed by atoms with van der Waals surface area (Å²) in [6.07, 6.45) is 3.17. The van der Waals surface area contributed by atoms with E-state index in [2.05, 4.69) is 56.9 Å². The molecule has 0 spiro atoms. The zero-order valence-electron chi connectivity index (χ0n) is 28.6. The predicted molar refractivity (Wildman–Crippen MR) is 185 cm³/mol. The van der Waals surface area contributed by atoms with Crippen LogP contribution >= 0.6 is 0 Å². The third kappa shape index (κ3) is 6.82.